The standard InChI is InChI=1S/C64H90N16O8/c1-73(2)17-25-81-49-33-41-42(34-50(49)82-26-18-74(3)4)58-65-57(41)69-59-43-35-51(83-27-19-75(5)6)52(84-28-20-76(7)8)36-44(43)61(66-59)71-63-47-39-55(87-31-23-79(13)14)56(88-32-24-80(15)16)40-48(47)64(68-63)72-62-46-38-54(86-30-22-78(11)12)53(85-29-21-77(9)10)37-45(46)60(67-62)70-58/h33-40H,17-32H2,1-16H3,(H2,65,66,67,68,69,70,71,72). The minimum Gasteiger partial charge on any atom is -0.488 e. The Morgan fingerprint density at radius 3 is 0.557 bits per heavy atom. The van der Waals surface area contributed by atoms with Crippen LogP contribution < -0.4 is 37.9 Å². The van der Waals surface area contributed by atoms with Crippen molar-refractivity contribution in [3.8, 4) is 91.5 Å². The molecular weight excluding hydrogens is 1120 g/mol. The van der Waals surface area contributed by atoms with Crippen LogP contribution in [0.15, 0.2) is 48.5 Å². The lowest BCUT2D eigenvalue weighted by Crippen LogP contribution is -2.21. The van der Waals surface area contributed by atoms with Crippen molar-refractivity contribution in [2.75, 3.05) is 218 Å². The van der Waals surface area contributed by atoms with Crippen LogP contribution in [0, 0.1) is 0 Å². The van der Waals surface area contributed by atoms with Gasteiger partial charge in [0.2, 0.25) is 0 Å². The predicted octanol–water partition coefficient (Wildman–Crippen LogP) is 6.39. The fraction of sp³-hybridized carbons (Fsp3) is 0.500. The Morgan fingerprint density at radius 1 is 0.239 bits per heavy atom. The summed E-state index contributed by atoms with van der Waals surface area (Å²) in [6.45, 7) is 8.66. The average Bonchev–Trinajstić information content (AvgIpc) is 3.70. The van der Waals surface area contributed by atoms with Gasteiger partial charge in [0.05, 0.1) is 0 Å². The number of rotatable bonds is 32. The molecule has 0 fully saturated rings. The third-order valence-corrected chi connectivity index (χ3v) is 14.5. The molecule has 24 nitrogen and oxygen atoms in total. The van der Waals surface area contributed by atoms with Crippen molar-refractivity contribution >= 4 is 44.1 Å². The minimum atomic E-state index is 0.375. The molecule has 0 saturated heterocycles. The van der Waals surface area contributed by atoms with E-state index in [1.54, 1.807) is 0 Å². The number of aromatic nitrogens is 8. The van der Waals surface area contributed by atoms with Gasteiger partial charge in [-0.05, 0) is 161 Å². The van der Waals surface area contributed by atoms with Crippen LogP contribution in [-0.2, 0) is 0 Å². The van der Waals surface area contributed by atoms with E-state index in [-0.39, 0.29) is 0 Å². The van der Waals surface area contributed by atoms with Gasteiger partial charge in [-0.15, -0.1) is 0 Å². The molecule has 3 aromatic heterocycles. The van der Waals surface area contributed by atoms with Gasteiger partial charge in [-0.2, -0.15) is 0 Å². The normalized spacial score (nSPS) is 12.3. The Hall–Kier alpha value is -7.68. The zero-order chi connectivity index (χ0) is 62.8. The average molecular weight is 1210 g/mol. The molecule has 4 aromatic carbocycles. The van der Waals surface area contributed by atoms with Crippen LogP contribution in [0.2, 0.25) is 0 Å². The second kappa shape index (κ2) is 29.5. The molecule has 88 heavy (non-hydrogen) atoms. The molecule has 24 heteroatoms. The molecule has 0 unspecified atom stereocenters. The van der Waals surface area contributed by atoms with E-state index in [9.17, 15) is 0 Å². The van der Waals surface area contributed by atoms with Crippen LogP contribution in [0.5, 0.6) is 46.0 Å². The highest BCUT2D eigenvalue weighted by molar-refractivity contribution is 6.08. The van der Waals surface area contributed by atoms with Gasteiger partial charge in [0.25, 0.3) is 0 Å². The lowest BCUT2D eigenvalue weighted by atomic mass is 10.1. The van der Waals surface area contributed by atoms with Crippen molar-refractivity contribution < 1.29 is 37.9 Å². The van der Waals surface area contributed by atoms with Gasteiger partial charge in [0.1, 0.15) is 75.4 Å². The molecule has 2 N–H and O–H groups in total. The Balaban J connectivity index is 1.41. The molecular formula is C64H90N16O8. The summed E-state index contributed by atoms with van der Waals surface area (Å²) in [4.78, 5) is 56.4. The van der Waals surface area contributed by atoms with Gasteiger partial charge in [-0.3, -0.25) is 0 Å². The second-order valence-corrected chi connectivity index (χ2v) is 24.2. The number of H-pyrrole nitrogens is 2. The van der Waals surface area contributed by atoms with E-state index in [4.69, 9.17) is 67.8 Å². The Morgan fingerprint density at radius 2 is 0.398 bits per heavy atom. The first kappa shape index (κ1) is 64.8. The first-order valence-electron chi connectivity index (χ1n) is 29.9. The molecule has 0 amide bonds. The van der Waals surface area contributed by atoms with Crippen LogP contribution in [0.25, 0.3) is 89.7 Å². The number of nitrogens with one attached hydrogen (secondary N) is 2. The molecule has 9 rings (SSSR count). The summed E-state index contributed by atoms with van der Waals surface area (Å²) >= 11 is 0. The maximum absolute atomic E-state index is 6.59. The van der Waals surface area contributed by atoms with Gasteiger partial charge in [0.15, 0.2) is 69.3 Å². The third kappa shape index (κ3) is 16.5. The Bertz CT molecular complexity index is 3230. The first-order chi connectivity index (χ1) is 42.2. The SMILES string of the molecule is CN(C)CCOc1cc2c(cc1OCCN(C)C)-c1nc-2nc2[nH]c(nc3nc(nc4[nH]c(n1)c1cc(OCCN(C)C)c(OCCN(C)C)cc41)-c1cc(OCCN(C)C)c(OCCN(C)C)cc1-3)c1cc(OCCN(C)C)c(OCCN(C)C)cc21. The summed E-state index contributed by atoms with van der Waals surface area (Å²) in [5.74, 6) is 5.90. The summed E-state index contributed by atoms with van der Waals surface area (Å²) in [5, 5.41) is 2.83. The fourth-order valence-corrected chi connectivity index (χ4v) is 9.42. The number of aromatic amines is 2. The molecule has 0 atom stereocenters. The number of likely N-dealkylation sites (N-methyl/N-ethyl adjacent to an activating group) is 8. The number of nitrogens with zero attached hydrogens (tertiary/aromatic N) is 14. The first-order valence-corrected chi connectivity index (χ1v) is 29.9. The van der Waals surface area contributed by atoms with Crippen molar-refractivity contribution in [1.29, 1.82) is 0 Å². The number of ether oxygens (including phenoxy) is 8. The van der Waals surface area contributed by atoms with Gasteiger partial charge in [-0.25, -0.2) is 29.9 Å². The minimum absolute atomic E-state index is 0.375. The molecule has 7 aromatic rings. The lowest BCUT2D eigenvalue weighted by molar-refractivity contribution is 0.227. The Labute approximate surface area is 517 Å². The van der Waals surface area contributed by atoms with E-state index in [0.29, 0.717) is 241 Å². The molecule has 8 bridgehead atoms. The number of fused-ring (bicyclic) bond motifs is 20. The summed E-state index contributed by atoms with van der Waals surface area (Å²) in [5.41, 5.74) is 4.57. The van der Waals surface area contributed by atoms with Crippen LogP contribution in [0.4, 0.5) is 0 Å². The van der Waals surface area contributed by atoms with Crippen LogP contribution in [0.1, 0.15) is 0 Å². The summed E-state index contributed by atoms with van der Waals surface area (Å²) in [7, 11) is 32.2. The zero-order valence-electron chi connectivity index (χ0n) is 54.5. The van der Waals surface area contributed by atoms with Crippen molar-refractivity contribution in [3.05, 3.63) is 48.5 Å². The summed E-state index contributed by atoms with van der Waals surface area (Å²) in [6, 6.07) is 15.7. The van der Waals surface area contributed by atoms with Gasteiger partial charge in [-0.1, -0.05) is 0 Å². The van der Waals surface area contributed by atoms with E-state index in [1.807, 2.05) is 161 Å². The van der Waals surface area contributed by atoms with Crippen LogP contribution in [-0.4, -0.2) is 297 Å². The molecule has 0 saturated carbocycles. The quantitative estimate of drug-likeness (QED) is 0.0468. The van der Waals surface area contributed by atoms with Crippen molar-refractivity contribution in [1.82, 2.24) is 79.1 Å². The molecule has 5 heterocycles. The van der Waals surface area contributed by atoms with Gasteiger partial charge >= 0.3 is 0 Å². The Kier molecular flexibility index (Phi) is 21.8. The largest absolute Gasteiger partial charge is 0.488 e. The maximum Gasteiger partial charge on any atom is 0.164 e. The number of benzene rings is 4. The molecule has 2 aliphatic heterocycles. The topological polar surface area (TPSA) is 209 Å². The van der Waals surface area contributed by atoms with Gasteiger partial charge < -0.3 is 87.1 Å². The van der Waals surface area contributed by atoms with Crippen LogP contribution in [0.3, 0.4) is 0 Å². The zero-order valence-corrected chi connectivity index (χ0v) is 54.5. The number of hydrogen-bond donors (Lipinski definition) is 2. The number of hydrogen-bond acceptors (Lipinski definition) is 22. The fourth-order valence-electron chi connectivity index (χ4n) is 9.42. The molecule has 0 spiro atoms. The van der Waals surface area contributed by atoms with E-state index in [0.717, 1.165) is 0 Å². The summed E-state index contributed by atoms with van der Waals surface area (Å²) < 4.78 is 52.7. The molecule has 0 aliphatic carbocycles. The van der Waals surface area contributed by atoms with Gasteiger partial charge in [0, 0.05) is 96.2 Å². The van der Waals surface area contributed by atoms with Crippen molar-refractivity contribution in [2.24, 2.45) is 0 Å². The summed E-state index contributed by atoms with van der Waals surface area (Å²) in [6.07, 6.45) is 0. The highest BCUT2D eigenvalue weighted by Crippen LogP contribution is 2.46. The van der Waals surface area contributed by atoms with E-state index >= 15 is 0 Å². The smallest absolute Gasteiger partial charge is 0.164 e. The second-order valence-electron chi connectivity index (χ2n) is 24.2. The highest BCUT2D eigenvalue weighted by Gasteiger charge is 2.28. The molecule has 0 radical (unpaired) electrons. The third-order valence-electron chi connectivity index (χ3n) is 14.5. The lowest BCUT2D eigenvalue weighted by Gasteiger charge is -2.17. The van der Waals surface area contributed by atoms with E-state index in [2.05, 4.69) is 49.2 Å². The monoisotopic (exact) mass is 1210 g/mol. The van der Waals surface area contributed by atoms with Crippen LogP contribution >= 0.6 is 0 Å². The molecule has 474 valence electrons. The van der Waals surface area contributed by atoms with Crippen molar-refractivity contribution in [2.45, 2.75) is 0 Å². The van der Waals surface area contributed by atoms with Crippen molar-refractivity contribution in [3.63, 3.8) is 0 Å². The maximum atomic E-state index is 6.59. The van der Waals surface area contributed by atoms with E-state index < -0.39 is 0 Å². The van der Waals surface area contributed by atoms with E-state index in [1.165, 1.54) is 0 Å². The molecule has 2 aliphatic rings. The predicted molar refractivity (Wildman–Crippen MR) is 348 cm³/mol. The highest BCUT2D eigenvalue weighted by atomic mass is 16.5.